The van der Waals surface area contributed by atoms with E-state index in [0.29, 0.717) is 6.42 Å². The van der Waals surface area contributed by atoms with Crippen LogP contribution in [-0.2, 0) is 6.42 Å². The number of carbonyl (C=O) groups is 1. The molecule has 0 aliphatic heterocycles. The number of benzene rings is 2. The zero-order chi connectivity index (χ0) is 16.9. The fourth-order valence-electron chi connectivity index (χ4n) is 2.36. The van der Waals surface area contributed by atoms with Crippen molar-refractivity contribution < 1.29 is 13.6 Å². The molecule has 0 saturated heterocycles. The summed E-state index contributed by atoms with van der Waals surface area (Å²) in [6.45, 7) is 0.285. The molecule has 1 amide bonds. The van der Waals surface area contributed by atoms with Crippen LogP contribution in [0.1, 0.15) is 15.9 Å². The van der Waals surface area contributed by atoms with Gasteiger partial charge in [0.2, 0.25) is 0 Å². The van der Waals surface area contributed by atoms with E-state index in [1.807, 2.05) is 36.5 Å². The summed E-state index contributed by atoms with van der Waals surface area (Å²) in [5.74, 6) is -2.48. The van der Waals surface area contributed by atoms with Gasteiger partial charge in [0.05, 0.1) is 5.69 Å². The zero-order valence-corrected chi connectivity index (χ0v) is 12.7. The lowest BCUT2D eigenvalue weighted by Gasteiger charge is -2.08. The van der Waals surface area contributed by atoms with E-state index in [4.69, 9.17) is 0 Å². The summed E-state index contributed by atoms with van der Waals surface area (Å²) in [6, 6.07) is 12.9. The second-order valence-corrected chi connectivity index (χ2v) is 5.22. The Bertz CT molecular complexity index is 810. The molecule has 0 aliphatic rings. The molecule has 0 radical (unpaired) electrons. The molecule has 3 aromatic rings. The number of halogens is 2. The van der Waals surface area contributed by atoms with Gasteiger partial charge >= 0.3 is 0 Å². The molecule has 1 heterocycles. The first kappa shape index (κ1) is 15.9. The van der Waals surface area contributed by atoms with E-state index in [-0.39, 0.29) is 6.54 Å². The number of rotatable bonds is 5. The van der Waals surface area contributed by atoms with Crippen LogP contribution < -0.4 is 5.32 Å². The number of aromatic nitrogens is 2. The van der Waals surface area contributed by atoms with Crippen LogP contribution in [0.5, 0.6) is 0 Å². The predicted octanol–water partition coefficient (Wildman–Crippen LogP) is 3.12. The number of nitrogens with one attached hydrogen (secondary N) is 1. The number of carbonyl (C=O) groups excluding carboxylic acids is 1. The van der Waals surface area contributed by atoms with E-state index in [0.717, 1.165) is 23.4 Å². The average Bonchev–Trinajstić information content (AvgIpc) is 3.10. The average molecular weight is 327 g/mol. The molecule has 122 valence electrons. The van der Waals surface area contributed by atoms with Gasteiger partial charge in [-0.1, -0.05) is 18.2 Å². The molecule has 0 atom stereocenters. The summed E-state index contributed by atoms with van der Waals surface area (Å²) < 4.78 is 28.8. The topological polar surface area (TPSA) is 46.9 Å². The lowest BCUT2D eigenvalue weighted by atomic mass is 10.1. The Hall–Kier alpha value is -3.02. The van der Waals surface area contributed by atoms with Crippen molar-refractivity contribution >= 4 is 5.91 Å². The molecule has 1 N–H and O–H groups in total. The molecule has 6 heteroatoms. The van der Waals surface area contributed by atoms with Crippen LogP contribution in [0.4, 0.5) is 8.78 Å². The third-order valence-electron chi connectivity index (χ3n) is 3.59. The van der Waals surface area contributed by atoms with E-state index < -0.39 is 23.1 Å². The summed E-state index contributed by atoms with van der Waals surface area (Å²) in [7, 11) is 0. The highest BCUT2D eigenvalue weighted by atomic mass is 19.1. The third-order valence-corrected chi connectivity index (χ3v) is 3.59. The molecule has 0 bridgehead atoms. The summed E-state index contributed by atoms with van der Waals surface area (Å²) in [5, 5.41) is 6.67. The van der Waals surface area contributed by atoms with Crippen LogP contribution in [0.2, 0.25) is 0 Å². The van der Waals surface area contributed by atoms with Gasteiger partial charge in [0, 0.05) is 18.9 Å². The number of amides is 1. The van der Waals surface area contributed by atoms with E-state index in [9.17, 15) is 13.6 Å². The van der Waals surface area contributed by atoms with Crippen LogP contribution in [-0.4, -0.2) is 22.2 Å². The van der Waals surface area contributed by atoms with Crippen molar-refractivity contribution in [3.63, 3.8) is 0 Å². The van der Waals surface area contributed by atoms with Gasteiger partial charge in [-0.25, -0.2) is 13.5 Å². The molecule has 0 spiro atoms. The van der Waals surface area contributed by atoms with E-state index >= 15 is 0 Å². The van der Waals surface area contributed by atoms with E-state index in [1.54, 1.807) is 10.9 Å². The van der Waals surface area contributed by atoms with Crippen molar-refractivity contribution in [2.75, 3.05) is 6.54 Å². The highest BCUT2D eigenvalue weighted by Gasteiger charge is 2.16. The molecular formula is C18H15F2N3O. The summed E-state index contributed by atoms with van der Waals surface area (Å²) in [6.07, 6.45) is 4.10. The fraction of sp³-hybridized carbons (Fsp3) is 0.111. The van der Waals surface area contributed by atoms with Gasteiger partial charge in [-0.2, -0.15) is 5.10 Å². The molecule has 0 unspecified atom stereocenters. The van der Waals surface area contributed by atoms with Gasteiger partial charge in [-0.3, -0.25) is 4.79 Å². The zero-order valence-electron chi connectivity index (χ0n) is 12.7. The first-order valence-corrected chi connectivity index (χ1v) is 7.46. The first-order valence-electron chi connectivity index (χ1n) is 7.46. The number of hydrogen-bond donors (Lipinski definition) is 1. The maximum absolute atomic E-state index is 13.5. The smallest absolute Gasteiger partial charge is 0.257 e. The van der Waals surface area contributed by atoms with Gasteiger partial charge in [-0.05, 0) is 42.3 Å². The Labute approximate surface area is 137 Å². The molecule has 24 heavy (non-hydrogen) atoms. The summed E-state index contributed by atoms with van der Waals surface area (Å²) >= 11 is 0. The lowest BCUT2D eigenvalue weighted by molar-refractivity contribution is 0.0945. The molecular weight excluding hydrogens is 312 g/mol. The Kier molecular flexibility index (Phi) is 4.65. The van der Waals surface area contributed by atoms with Gasteiger partial charge in [-0.15, -0.1) is 0 Å². The maximum atomic E-state index is 13.5. The highest BCUT2D eigenvalue weighted by molar-refractivity contribution is 5.94. The molecule has 0 saturated carbocycles. The predicted molar refractivity (Wildman–Crippen MR) is 86.0 cm³/mol. The maximum Gasteiger partial charge on any atom is 0.257 e. The van der Waals surface area contributed by atoms with Crippen molar-refractivity contribution in [2.24, 2.45) is 0 Å². The third kappa shape index (κ3) is 3.48. The molecule has 4 nitrogen and oxygen atoms in total. The minimum atomic E-state index is -0.865. The van der Waals surface area contributed by atoms with Crippen LogP contribution in [0.15, 0.2) is 60.9 Å². The van der Waals surface area contributed by atoms with Crippen molar-refractivity contribution in [2.45, 2.75) is 6.42 Å². The molecule has 1 aromatic heterocycles. The quantitative estimate of drug-likeness (QED) is 0.783. The van der Waals surface area contributed by atoms with E-state index in [2.05, 4.69) is 10.4 Å². The standard InChI is InChI=1S/C18H15F2N3O/c19-15-3-1-4-16(20)17(15)18(24)21-11-9-13-5-7-14(8-6-13)23-12-2-10-22-23/h1-8,10,12H,9,11H2,(H,21,24). The van der Waals surface area contributed by atoms with Crippen LogP contribution in [0.25, 0.3) is 5.69 Å². The number of hydrogen-bond acceptors (Lipinski definition) is 2. The van der Waals surface area contributed by atoms with Gasteiger partial charge in [0.1, 0.15) is 17.2 Å². The molecule has 0 aliphatic carbocycles. The molecule has 2 aromatic carbocycles. The minimum Gasteiger partial charge on any atom is -0.352 e. The van der Waals surface area contributed by atoms with Crippen LogP contribution in [0, 0.1) is 11.6 Å². The van der Waals surface area contributed by atoms with Crippen molar-refractivity contribution in [3.05, 3.63) is 83.7 Å². The van der Waals surface area contributed by atoms with Gasteiger partial charge < -0.3 is 5.32 Å². The molecule has 0 fully saturated rings. The molecule has 3 rings (SSSR count). The monoisotopic (exact) mass is 327 g/mol. The Morgan fingerprint density at radius 3 is 2.38 bits per heavy atom. The fourth-order valence-corrected chi connectivity index (χ4v) is 2.36. The summed E-state index contributed by atoms with van der Waals surface area (Å²) in [5.41, 5.74) is 1.38. The Balaban J connectivity index is 1.57. The summed E-state index contributed by atoms with van der Waals surface area (Å²) in [4.78, 5) is 11.9. The second kappa shape index (κ2) is 7.04. The van der Waals surface area contributed by atoms with Gasteiger partial charge in [0.25, 0.3) is 5.91 Å². The first-order chi connectivity index (χ1) is 11.6. The second-order valence-electron chi connectivity index (χ2n) is 5.22. The van der Waals surface area contributed by atoms with Crippen LogP contribution >= 0.6 is 0 Å². The minimum absolute atomic E-state index is 0.285. The van der Waals surface area contributed by atoms with Crippen molar-refractivity contribution in [3.8, 4) is 5.69 Å². The van der Waals surface area contributed by atoms with Gasteiger partial charge in [0.15, 0.2) is 0 Å². The van der Waals surface area contributed by atoms with Crippen LogP contribution in [0.3, 0.4) is 0 Å². The number of nitrogens with zero attached hydrogens (tertiary/aromatic N) is 2. The lowest BCUT2D eigenvalue weighted by Crippen LogP contribution is -2.27. The Morgan fingerprint density at radius 1 is 1.04 bits per heavy atom. The van der Waals surface area contributed by atoms with E-state index in [1.165, 1.54) is 6.07 Å². The van der Waals surface area contributed by atoms with Crippen molar-refractivity contribution in [1.82, 2.24) is 15.1 Å². The Morgan fingerprint density at radius 2 is 1.75 bits per heavy atom. The largest absolute Gasteiger partial charge is 0.352 e. The normalized spacial score (nSPS) is 10.6. The SMILES string of the molecule is O=C(NCCc1ccc(-n2cccn2)cc1)c1c(F)cccc1F. The van der Waals surface area contributed by atoms with Crippen molar-refractivity contribution in [1.29, 1.82) is 0 Å². The highest BCUT2D eigenvalue weighted by Crippen LogP contribution is 2.12.